The van der Waals surface area contributed by atoms with E-state index in [1.54, 1.807) is 0 Å². The molecule has 1 aliphatic rings. The van der Waals surface area contributed by atoms with Gasteiger partial charge in [0.15, 0.2) is 0 Å². The first-order valence-corrected chi connectivity index (χ1v) is 7.44. The van der Waals surface area contributed by atoms with Gasteiger partial charge in [-0.25, -0.2) is 4.98 Å². The molecule has 21 heavy (non-hydrogen) atoms. The van der Waals surface area contributed by atoms with Crippen LogP contribution in [-0.2, 0) is 22.4 Å². The highest BCUT2D eigenvalue weighted by atomic mass is 16.5. The second-order valence-corrected chi connectivity index (χ2v) is 5.19. The van der Waals surface area contributed by atoms with Gasteiger partial charge in [-0.3, -0.25) is 4.79 Å². The van der Waals surface area contributed by atoms with Crippen LogP contribution < -0.4 is 4.90 Å². The summed E-state index contributed by atoms with van der Waals surface area (Å²) in [5, 5.41) is 9.38. The first kappa shape index (κ1) is 15.3. The van der Waals surface area contributed by atoms with E-state index < -0.39 is 0 Å². The Kier molecular flexibility index (Phi) is 5.15. The molecule has 2 rings (SSSR count). The molecule has 0 saturated heterocycles. The van der Waals surface area contributed by atoms with E-state index in [1.807, 2.05) is 17.9 Å². The van der Waals surface area contributed by atoms with Gasteiger partial charge in [0.1, 0.15) is 11.9 Å². The summed E-state index contributed by atoms with van der Waals surface area (Å²) in [4.78, 5) is 18.0. The average Bonchev–Trinajstić information content (AvgIpc) is 2.54. The predicted octanol–water partition coefficient (Wildman–Crippen LogP) is 2.22. The summed E-state index contributed by atoms with van der Waals surface area (Å²) >= 11 is 0. The molecule has 0 fully saturated rings. The number of nitriles is 1. The van der Waals surface area contributed by atoms with E-state index in [9.17, 15) is 10.1 Å². The van der Waals surface area contributed by atoms with Crippen molar-refractivity contribution in [2.45, 2.75) is 39.0 Å². The zero-order valence-corrected chi connectivity index (χ0v) is 12.7. The van der Waals surface area contributed by atoms with Crippen molar-refractivity contribution in [3.05, 3.63) is 22.9 Å². The van der Waals surface area contributed by atoms with Crippen molar-refractivity contribution in [1.82, 2.24) is 4.98 Å². The number of hydrogen-bond donors (Lipinski definition) is 0. The number of rotatable bonds is 5. The number of anilines is 1. The number of aryl methyl sites for hydroxylation is 2. The van der Waals surface area contributed by atoms with Crippen molar-refractivity contribution in [2.24, 2.45) is 0 Å². The lowest BCUT2D eigenvalue weighted by atomic mass is 9.95. The molecule has 0 bridgehead atoms. The highest BCUT2D eigenvalue weighted by Gasteiger charge is 2.19. The second-order valence-electron chi connectivity index (χ2n) is 5.19. The van der Waals surface area contributed by atoms with Gasteiger partial charge in [-0.2, -0.15) is 5.26 Å². The van der Waals surface area contributed by atoms with Crippen LogP contribution in [0.5, 0.6) is 0 Å². The van der Waals surface area contributed by atoms with Crippen LogP contribution in [0.25, 0.3) is 0 Å². The predicted molar refractivity (Wildman–Crippen MR) is 80.1 cm³/mol. The second kappa shape index (κ2) is 7.07. The van der Waals surface area contributed by atoms with E-state index >= 15 is 0 Å². The molecule has 1 aliphatic carbocycles. The number of hydrogen-bond acceptors (Lipinski definition) is 5. The lowest BCUT2D eigenvalue weighted by Crippen LogP contribution is -2.28. The Morgan fingerprint density at radius 1 is 1.48 bits per heavy atom. The molecular formula is C16H21N3O2. The average molecular weight is 287 g/mol. The molecule has 0 amide bonds. The maximum Gasteiger partial charge on any atom is 0.307 e. The zero-order valence-electron chi connectivity index (χ0n) is 12.7. The van der Waals surface area contributed by atoms with Gasteiger partial charge in [0.25, 0.3) is 0 Å². The molecule has 0 unspecified atom stereocenters. The minimum atomic E-state index is -0.245. The number of fused-ring (bicyclic) bond motifs is 1. The van der Waals surface area contributed by atoms with Crippen LogP contribution in [0.15, 0.2) is 6.07 Å². The zero-order chi connectivity index (χ0) is 15.2. The van der Waals surface area contributed by atoms with E-state index in [0.717, 1.165) is 25.0 Å². The van der Waals surface area contributed by atoms with Crippen LogP contribution in [0.4, 0.5) is 5.82 Å². The molecule has 0 atom stereocenters. The number of esters is 1. The molecule has 5 nitrogen and oxygen atoms in total. The van der Waals surface area contributed by atoms with E-state index in [4.69, 9.17) is 4.98 Å². The summed E-state index contributed by atoms with van der Waals surface area (Å²) < 4.78 is 4.68. The molecule has 5 heteroatoms. The van der Waals surface area contributed by atoms with Crippen LogP contribution in [-0.4, -0.2) is 31.2 Å². The van der Waals surface area contributed by atoms with Crippen molar-refractivity contribution in [3.63, 3.8) is 0 Å². The van der Waals surface area contributed by atoms with Crippen molar-refractivity contribution in [2.75, 3.05) is 25.1 Å². The molecular weight excluding hydrogens is 266 g/mol. The lowest BCUT2D eigenvalue weighted by molar-refractivity contribution is -0.140. The molecule has 0 N–H and O–H groups in total. The number of carbonyl (C=O) groups excluding carboxylic acids is 1. The van der Waals surface area contributed by atoms with Crippen molar-refractivity contribution >= 4 is 11.8 Å². The van der Waals surface area contributed by atoms with E-state index in [-0.39, 0.29) is 5.97 Å². The Balaban J connectivity index is 2.27. The quantitative estimate of drug-likeness (QED) is 0.777. The van der Waals surface area contributed by atoms with Crippen LogP contribution in [0.2, 0.25) is 0 Å². The van der Waals surface area contributed by atoms with E-state index in [0.29, 0.717) is 30.9 Å². The van der Waals surface area contributed by atoms with Crippen LogP contribution >= 0.6 is 0 Å². The van der Waals surface area contributed by atoms with Gasteiger partial charge in [0.2, 0.25) is 0 Å². The molecule has 0 radical (unpaired) electrons. The normalized spacial score (nSPS) is 13.2. The van der Waals surface area contributed by atoms with Crippen molar-refractivity contribution < 1.29 is 9.53 Å². The molecule has 1 heterocycles. The van der Waals surface area contributed by atoms with Crippen molar-refractivity contribution in [3.8, 4) is 6.07 Å². The standard InChI is InChI=1S/C16H21N3O2/c1-3-19(9-8-15(20)21-2)16-13(11-17)10-12-6-4-5-7-14(12)18-16/h10H,3-9H2,1-2H3. The van der Waals surface area contributed by atoms with Gasteiger partial charge >= 0.3 is 5.97 Å². The summed E-state index contributed by atoms with van der Waals surface area (Å²) in [7, 11) is 1.39. The highest BCUT2D eigenvalue weighted by molar-refractivity contribution is 5.70. The summed E-state index contributed by atoms with van der Waals surface area (Å²) in [6.07, 6.45) is 4.60. The fraction of sp³-hybridized carbons (Fsp3) is 0.562. The maximum atomic E-state index is 11.3. The molecule has 1 aromatic heterocycles. The van der Waals surface area contributed by atoms with Crippen LogP contribution in [0, 0.1) is 11.3 Å². The molecule has 0 aromatic carbocycles. The molecule has 0 spiro atoms. The fourth-order valence-corrected chi connectivity index (χ4v) is 2.69. The number of nitrogens with zero attached hydrogens (tertiary/aromatic N) is 3. The number of carbonyl (C=O) groups is 1. The number of ether oxygens (including phenoxy) is 1. The Labute approximate surface area is 125 Å². The summed E-state index contributed by atoms with van der Waals surface area (Å²) in [5.74, 6) is 0.453. The smallest absolute Gasteiger partial charge is 0.307 e. The van der Waals surface area contributed by atoms with Gasteiger partial charge in [-0.05, 0) is 44.2 Å². The minimum absolute atomic E-state index is 0.245. The first-order chi connectivity index (χ1) is 10.2. The van der Waals surface area contributed by atoms with Gasteiger partial charge in [-0.1, -0.05) is 0 Å². The van der Waals surface area contributed by atoms with Gasteiger partial charge < -0.3 is 9.64 Å². The van der Waals surface area contributed by atoms with E-state index in [1.165, 1.54) is 19.1 Å². The fourth-order valence-electron chi connectivity index (χ4n) is 2.69. The van der Waals surface area contributed by atoms with E-state index in [2.05, 4.69) is 10.8 Å². The summed E-state index contributed by atoms with van der Waals surface area (Å²) in [6.45, 7) is 3.22. The Hall–Kier alpha value is -2.09. The summed E-state index contributed by atoms with van der Waals surface area (Å²) in [6, 6.07) is 4.21. The topological polar surface area (TPSA) is 66.2 Å². The Morgan fingerprint density at radius 3 is 2.90 bits per heavy atom. The van der Waals surface area contributed by atoms with Gasteiger partial charge in [0.05, 0.1) is 19.1 Å². The molecule has 0 saturated carbocycles. The third kappa shape index (κ3) is 3.52. The van der Waals surface area contributed by atoms with Gasteiger partial charge in [0, 0.05) is 18.8 Å². The SMILES string of the molecule is CCN(CCC(=O)OC)c1nc2c(cc1C#N)CCCC2. The van der Waals surface area contributed by atoms with Crippen LogP contribution in [0.3, 0.4) is 0 Å². The maximum absolute atomic E-state index is 11.3. The monoisotopic (exact) mass is 287 g/mol. The number of pyridine rings is 1. The van der Waals surface area contributed by atoms with Crippen LogP contribution in [0.1, 0.15) is 43.0 Å². The third-order valence-corrected chi connectivity index (χ3v) is 3.90. The minimum Gasteiger partial charge on any atom is -0.469 e. The molecule has 0 aliphatic heterocycles. The first-order valence-electron chi connectivity index (χ1n) is 7.44. The third-order valence-electron chi connectivity index (χ3n) is 3.90. The lowest BCUT2D eigenvalue weighted by Gasteiger charge is -2.25. The largest absolute Gasteiger partial charge is 0.469 e. The highest BCUT2D eigenvalue weighted by Crippen LogP contribution is 2.26. The van der Waals surface area contributed by atoms with Crippen molar-refractivity contribution in [1.29, 1.82) is 5.26 Å². The number of aromatic nitrogens is 1. The molecule has 1 aromatic rings. The van der Waals surface area contributed by atoms with Gasteiger partial charge in [-0.15, -0.1) is 0 Å². The number of methoxy groups -OCH3 is 1. The molecule has 112 valence electrons. The Morgan fingerprint density at radius 2 is 2.24 bits per heavy atom. The summed E-state index contributed by atoms with van der Waals surface area (Å²) in [5.41, 5.74) is 2.90. The Bertz CT molecular complexity index is 563.